The fourth-order valence-corrected chi connectivity index (χ4v) is 3.91. The van der Waals surface area contributed by atoms with E-state index in [9.17, 15) is 24.6 Å². The molecule has 2 unspecified atom stereocenters. The molecule has 2 amide bonds. The molecule has 0 saturated heterocycles. The van der Waals surface area contributed by atoms with Crippen molar-refractivity contribution < 1.29 is 24.6 Å². The summed E-state index contributed by atoms with van der Waals surface area (Å²) < 4.78 is 0. The van der Waals surface area contributed by atoms with E-state index in [1.807, 2.05) is 110 Å². The summed E-state index contributed by atoms with van der Waals surface area (Å²) in [6.07, 6.45) is 9.33. The van der Waals surface area contributed by atoms with Gasteiger partial charge >= 0.3 is 18.0 Å². The van der Waals surface area contributed by atoms with Gasteiger partial charge in [0.2, 0.25) is 0 Å². The lowest BCUT2D eigenvalue weighted by Gasteiger charge is -2.29. The number of carboxylic acid groups (broad SMARTS) is 2. The Hall–Kier alpha value is -3.79. The minimum absolute atomic E-state index is 0.0458. The number of benzene rings is 2. The van der Waals surface area contributed by atoms with E-state index in [-0.39, 0.29) is 18.9 Å². The number of rotatable bonds is 13. The number of nitrogens with zero attached hydrogens (tertiary/aromatic N) is 1. The first kappa shape index (κ1) is 39.4. The smallest absolute Gasteiger partial charge is 0.326 e. The molecule has 2 aromatic carbocycles. The Labute approximate surface area is 248 Å². The van der Waals surface area contributed by atoms with E-state index in [0.29, 0.717) is 18.9 Å². The van der Waals surface area contributed by atoms with Crippen LogP contribution in [-0.2, 0) is 16.0 Å². The fourth-order valence-electron chi connectivity index (χ4n) is 3.91. The quantitative estimate of drug-likeness (QED) is 0.218. The molecule has 0 radical (unpaired) electrons. The van der Waals surface area contributed by atoms with Crippen molar-refractivity contribution in [1.82, 2.24) is 10.2 Å². The molecule has 0 aliphatic heterocycles. The molecule has 0 saturated carbocycles. The van der Waals surface area contributed by atoms with E-state index in [1.54, 1.807) is 0 Å². The first-order chi connectivity index (χ1) is 19.6. The standard InChI is InChI=1S/C28H38N2O5.2C2H6.C2H2/c1-19(2)10-13-24(26(31)32)18-30(17-20(3)4)28(35)29-25(27(33)34)16-21-11-14-23(15-12-21)22-8-6-5-7-9-22;3*1-2/h5-9,11-12,14-15,19-20,24-25H,10,13,16-18H2,1-4H3,(H,29,35)(H,31,32)(H,33,34);2*1-2H3;1-2H. The second kappa shape index (κ2) is 23.0. The van der Waals surface area contributed by atoms with Crippen molar-refractivity contribution in [2.75, 3.05) is 13.1 Å². The van der Waals surface area contributed by atoms with Gasteiger partial charge in [-0.25, -0.2) is 9.59 Å². The average molecular weight is 569 g/mol. The summed E-state index contributed by atoms with van der Waals surface area (Å²) in [6.45, 7) is 16.3. The Morgan fingerprint density at radius 1 is 0.732 bits per heavy atom. The van der Waals surface area contributed by atoms with Crippen LogP contribution < -0.4 is 5.32 Å². The monoisotopic (exact) mass is 568 g/mol. The van der Waals surface area contributed by atoms with Crippen molar-refractivity contribution in [3.05, 3.63) is 60.2 Å². The summed E-state index contributed by atoms with van der Waals surface area (Å²) >= 11 is 0. The molecule has 2 rings (SSSR count). The molecule has 2 atom stereocenters. The van der Waals surface area contributed by atoms with Crippen LogP contribution in [0, 0.1) is 30.6 Å². The SMILES string of the molecule is C#C.CC.CC.CC(C)CCC(CN(CC(C)C)C(=O)NC(Cc1ccc(-c2ccccc2)cc1)C(=O)O)C(=O)O. The van der Waals surface area contributed by atoms with Gasteiger partial charge in [-0.05, 0) is 34.9 Å². The fraction of sp³-hybridized carbons (Fsp3) is 0.500. The Morgan fingerprint density at radius 2 is 1.24 bits per heavy atom. The van der Waals surface area contributed by atoms with Crippen molar-refractivity contribution in [3.63, 3.8) is 0 Å². The molecule has 0 spiro atoms. The highest BCUT2D eigenvalue weighted by Crippen LogP contribution is 2.20. The van der Waals surface area contributed by atoms with Gasteiger partial charge in [-0.2, -0.15) is 0 Å². The van der Waals surface area contributed by atoms with Gasteiger partial charge in [0.25, 0.3) is 0 Å². The molecule has 0 aliphatic carbocycles. The van der Waals surface area contributed by atoms with Crippen molar-refractivity contribution >= 4 is 18.0 Å². The van der Waals surface area contributed by atoms with Gasteiger partial charge in [-0.15, -0.1) is 12.8 Å². The van der Waals surface area contributed by atoms with Gasteiger partial charge in [0, 0.05) is 19.5 Å². The molecular formula is C34H52N2O5. The molecule has 41 heavy (non-hydrogen) atoms. The maximum Gasteiger partial charge on any atom is 0.326 e. The molecule has 3 N–H and O–H groups in total. The summed E-state index contributed by atoms with van der Waals surface area (Å²) in [5, 5.41) is 22.1. The number of hydrogen-bond acceptors (Lipinski definition) is 3. The highest BCUT2D eigenvalue weighted by molar-refractivity contribution is 5.83. The highest BCUT2D eigenvalue weighted by Gasteiger charge is 2.28. The van der Waals surface area contributed by atoms with Crippen molar-refractivity contribution in [2.24, 2.45) is 17.8 Å². The predicted octanol–water partition coefficient (Wildman–Crippen LogP) is 7.46. The Morgan fingerprint density at radius 3 is 1.68 bits per heavy atom. The zero-order valence-corrected chi connectivity index (χ0v) is 26.3. The number of amides is 2. The molecule has 7 heteroatoms. The van der Waals surface area contributed by atoms with Crippen molar-refractivity contribution in [3.8, 4) is 24.0 Å². The normalized spacial score (nSPS) is 11.3. The van der Waals surface area contributed by atoms with E-state index in [2.05, 4.69) is 18.2 Å². The molecule has 0 bridgehead atoms. The predicted molar refractivity (Wildman–Crippen MR) is 170 cm³/mol. The minimum Gasteiger partial charge on any atom is -0.481 e. The van der Waals surface area contributed by atoms with Gasteiger partial charge in [0.05, 0.1) is 5.92 Å². The number of hydrogen-bond donors (Lipinski definition) is 3. The summed E-state index contributed by atoms with van der Waals surface area (Å²) in [5.74, 6) is -2.32. The topological polar surface area (TPSA) is 107 Å². The van der Waals surface area contributed by atoms with Gasteiger partial charge in [0.15, 0.2) is 0 Å². The van der Waals surface area contributed by atoms with Gasteiger partial charge < -0.3 is 20.4 Å². The lowest BCUT2D eigenvalue weighted by Crippen LogP contribution is -2.51. The summed E-state index contributed by atoms with van der Waals surface area (Å²) in [6, 6.07) is 15.8. The van der Waals surface area contributed by atoms with Crippen LogP contribution in [0.3, 0.4) is 0 Å². The number of carbonyl (C=O) groups is 3. The van der Waals surface area contributed by atoms with Crippen molar-refractivity contribution in [1.29, 1.82) is 0 Å². The number of carboxylic acids is 2. The van der Waals surface area contributed by atoms with Crippen LogP contribution >= 0.6 is 0 Å². The van der Waals surface area contributed by atoms with E-state index >= 15 is 0 Å². The average Bonchev–Trinajstić information content (AvgIpc) is 2.97. The number of carbonyl (C=O) groups excluding carboxylic acids is 1. The first-order valence-corrected chi connectivity index (χ1v) is 14.6. The largest absolute Gasteiger partial charge is 0.481 e. The lowest BCUT2D eigenvalue weighted by molar-refractivity contribution is -0.143. The van der Waals surface area contributed by atoms with E-state index < -0.39 is 29.9 Å². The first-order valence-electron chi connectivity index (χ1n) is 14.6. The summed E-state index contributed by atoms with van der Waals surface area (Å²) in [7, 11) is 0. The third-order valence-electron chi connectivity index (χ3n) is 5.85. The number of terminal acetylenes is 1. The summed E-state index contributed by atoms with van der Waals surface area (Å²) in [4.78, 5) is 38.3. The molecule has 0 aromatic heterocycles. The molecule has 0 aliphatic rings. The Bertz CT molecular complexity index is 1000. The van der Waals surface area contributed by atoms with Crippen LogP contribution in [0.15, 0.2) is 54.6 Å². The van der Waals surface area contributed by atoms with Crippen molar-refractivity contribution in [2.45, 2.75) is 80.7 Å². The molecule has 0 fully saturated rings. The number of urea groups is 1. The molecule has 228 valence electrons. The number of aliphatic carboxylic acids is 2. The zero-order valence-electron chi connectivity index (χ0n) is 26.3. The van der Waals surface area contributed by atoms with Crippen LogP contribution in [0.1, 0.15) is 73.8 Å². The molecule has 7 nitrogen and oxygen atoms in total. The minimum atomic E-state index is -1.13. The Kier molecular flexibility index (Phi) is 22.0. The van der Waals surface area contributed by atoms with Crippen LogP contribution in [-0.4, -0.2) is 52.2 Å². The summed E-state index contributed by atoms with van der Waals surface area (Å²) in [5.41, 5.74) is 2.87. The molecule has 0 heterocycles. The highest BCUT2D eigenvalue weighted by atomic mass is 16.4. The molecule has 2 aromatic rings. The number of nitrogens with one attached hydrogen (secondary N) is 1. The zero-order chi connectivity index (χ0) is 32.0. The Balaban J connectivity index is 0. The van der Waals surface area contributed by atoms with Gasteiger partial charge in [0.1, 0.15) is 6.04 Å². The van der Waals surface area contributed by atoms with Crippen LogP contribution in [0.4, 0.5) is 4.79 Å². The van der Waals surface area contributed by atoms with Crippen LogP contribution in [0.2, 0.25) is 0 Å². The van der Waals surface area contributed by atoms with E-state index in [1.165, 1.54) is 4.90 Å². The second-order valence-electron chi connectivity index (χ2n) is 9.91. The lowest BCUT2D eigenvalue weighted by atomic mass is 9.97. The maximum absolute atomic E-state index is 13.1. The molecular weight excluding hydrogens is 516 g/mol. The maximum atomic E-state index is 13.1. The second-order valence-corrected chi connectivity index (χ2v) is 9.91. The van der Waals surface area contributed by atoms with Gasteiger partial charge in [-0.1, -0.05) is 116 Å². The third kappa shape index (κ3) is 16.2. The van der Waals surface area contributed by atoms with Crippen LogP contribution in [0.25, 0.3) is 11.1 Å². The van der Waals surface area contributed by atoms with E-state index in [0.717, 1.165) is 23.1 Å². The van der Waals surface area contributed by atoms with Crippen LogP contribution in [0.5, 0.6) is 0 Å². The van der Waals surface area contributed by atoms with E-state index in [4.69, 9.17) is 0 Å². The van der Waals surface area contributed by atoms with Gasteiger partial charge in [-0.3, -0.25) is 4.79 Å². The third-order valence-corrected chi connectivity index (χ3v) is 5.85.